The van der Waals surface area contributed by atoms with Gasteiger partial charge >= 0.3 is 0 Å². The van der Waals surface area contributed by atoms with Gasteiger partial charge in [-0.1, -0.05) is 36.4 Å². The number of hydrogen-bond acceptors (Lipinski definition) is 3. The molecule has 3 nitrogen and oxygen atoms in total. The quantitative estimate of drug-likeness (QED) is 0.751. The number of benzene rings is 3. The fraction of sp³-hybridized carbons (Fsp3) is 0. The van der Waals surface area contributed by atoms with Crippen LogP contribution < -0.4 is 4.74 Å². The Hall–Kier alpha value is -2.99. The van der Waals surface area contributed by atoms with E-state index in [4.69, 9.17) is 10.00 Å². The second-order valence-corrected chi connectivity index (χ2v) is 4.38. The van der Waals surface area contributed by atoms with Crippen LogP contribution in [0.2, 0.25) is 0 Å². The van der Waals surface area contributed by atoms with Crippen molar-refractivity contribution in [2.45, 2.75) is 0 Å². The molecule has 0 atom stereocenters. The number of aromatic hydroxyl groups is 1. The van der Waals surface area contributed by atoms with Crippen LogP contribution >= 0.6 is 0 Å². The minimum absolute atomic E-state index is 0.0523. The summed E-state index contributed by atoms with van der Waals surface area (Å²) < 4.78 is 5.67. The first-order valence-corrected chi connectivity index (χ1v) is 6.16. The highest BCUT2D eigenvalue weighted by Gasteiger charge is 2.09. The van der Waals surface area contributed by atoms with Crippen molar-refractivity contribution in [1.82, 2.24) is 0 Å². The van der Waals surface area contributed by atoms with Crippen molar-refractivity contribution >= 4 is 10.8 Å². The van der Waals surface area contributed by atoms with Gasteiger partial charge in [-0.2, -0.15) is 5.26 Å². The maximum absolute atomic E-state index is 10.0. The highest BCUT2D eigenvalue weighted by atomic mass is 16.5. The Kier molecular flexibility index (Phi) is 2.98. The van der Waals surface area contributed by atoms with Crippen molar-refractivity contribution in [3.63, 3.8) is 0 Å². The number of phenolic OH excluding ortho intramolecular Hbond substituents is 1. The zero-order chi connectivity index (χ0) is 13.9. The van der Waals surface area contributed by atoms with Crippen LogP contribution in [0.25, 0.3) is 10.8 Å². The van der Waals surface area contributed by atoms with E-state index in [1.54, 1.807) is 36.4 Å². The fourth-order valence-electron chi connectivity index (χ4n) is 2.06. The molecule has 3 heteroatoms. The summed E-state index contributed by atoms with van der Waals surface area (Å²) in [5.41, 5.74) is 0.431. The Morgan fingerprint density at radius 3 is 2.25 bits per heavy atom. The van der Waals surface area contributed by atoms with Gasteiger partial charge in [-0.25, -0.2) is 0 Å². The number of rotatable bonds is 2. The van der Waals surface area contributed by atoms with Crippen LogP contribution in [-0.4, -0.2) is 5.11 Å². The van der Waals surface area contributed by atoms with Gasteiger partial charge in [-0.05, 0) is 35.0 Å². The van der Waals surface area contributed by atoms with Gasteiger partial charge in [0.15, 0.2) is 11.5 Å². The van der Waals surface area contributed by atoms with Crippen LogP contribution in [0.15, 0.2) is 60.7 Å². The second-order valence-electron chi connectivity index (χ2n) is 4.38. The maximum Gasteiger partial charge on any atom is 0.169 e. The molecule has 0 saturated heterocycles. The summed E-state index contributed by atoms with van der Waals surface area (Å²) in [6.07, 6.45) is 0. The molecule has 3 aromatic rings. The van der Waals surface area contributed by atoms with Gasteiger partial charge in [0.2, 0.25) is 0 Å². The number of para-hydroxylation sites is 1. The normalized spacial score (nSPS) is 10.2. The molecule has 0 fully saturated rings. The third-order valence-corrected chi connectivity index (χ3v) is 3.05. The van der Waals surface area contributed by atoms with E-state index < -0.39 is 0 Å². The summed E-state index contributed by atoms with van der Waals surface area (Å²) in [4.78, 5) is 0. The molecule has 0 radical (unpaired) electrons. The van der Waals surface area contributed by atoms with E-state index in [2.05, 4.69) is 6.07 Å². The third kappa shape index (κ3) is 2.15. The highest BCUT2D eigenvalue weighted by Crippen LogP contribution is 2.35. The lowest BCUT2D eigenvalue weighted by molar-refractivity contribution is 0.412. The van der Waals surface area contributed by atoms with E-state index in [9.17, 15) is 5.11 Å². The van der Waals surface area contributed by atoms with Crippen LogP contribution in [0.4, 0.5) is 0 Å². The minimum Gasteiger partial charge on any atom is -0.504 e. The molecular weight excluding hydrogens is 250 g/mol. The van der Waals surface area contributed by atoms with E-state index in [1.165, 1.54) is 0 Å². The van der Waals surface area contributed by atoms with Gasteiger partial charge in [-0.3, -0.25) is 0 Å². The number of nitrogens with zero attached hydrogens (tertiary/aromatic N) is 1. The molecule has 20 heavy (non-hydrogen) atoms. The number of nitriles is 1. The lowest BCUT2D eigenvalue weighted by Gasteiger charge is -2.10. The average Bonchev–Trinajstić information content (AvgIpc) is 2.48. The molecule has 0 aliphatic rings. The smallest absolute Gasteiger partial charge is 0.169 e. The lowest BCUT2D eigenvalue weighted by atomic mass is 10.1. The summed E-state index contributed by atoms with van der Waals surface area (Å²) in [7, 11) is 0. The topological polar surface area (TPSA) is 53.2 Å². The molecule has 0 spiro atoms. The van der Waals surface area contributed by atoms with Crippen molar-refractivity contribution < 1.29 is 9.84 Å². The zero-order valence-corrected chi connectivity index (χ0v) is 10.6. The summed E-state index contributed by atoms with van der Waals surface area (Å²) in [6.45, 7) is 0. The molecular formula is C17H11NO2. The number of hydrogen-bond donors (Lipinski definition) is 1. The predicted octanol–water partition coefficient (Wildman–Crippen LogP) is 4.21. The van der Waals surface area contributed by atoms with Crippen molar-refractivity contribution in [2.75, 3.05) is 0 Å². The van der Waals surface area contributed by atoms with Gasteiger partial charge in [0, 0.05) is 0 Å². The Morgan fingerprint density at radius 2 is 1.50 bits per heavy atom. The first-order chi connectivity index (χ1) is 9.78. The zero-order valence-electron chi connectivity index (χ0n) is 10.6. The largest absolute Gasteiger partial charge is 0.504 e. The average molecular weight is 261 g/mol. The molecule has 3 rings (SSSR count). The number of phenols is 1. The van der Waals surface area contributed by atoms with Gasteiger partial charge in [-0.15, -0.1) is 0 Å². The van der Waals surface area contributed by atoms with Crippen molar-refractivity contribution in [3.05, 3.63) is 66.2 Å². The van der Waals surface area contributed by atoms with Crippen molar-refractivity contribution in [1.29, 1.82) is 5.26 Å². The predicted molar refractivity (Wildman–Crippen MR) is 76.8 cm³/mol. The van der Waals surface area contributed by atoms with Crippen LogP contribution in [0.1, 0.15) is 5.56 Å². The summed E-state index contributed by atoms with van der Waals surface area (Å²) in [5.74, 6) is 0.823. The van der Waals surface area contributed by atoms with Crippen LogP contribution in [0, 0.1) is 11.3 Å². The molecule has 1 N–H and O–H groups in total. The standard InChI is InChI=1S/C17H11NO2/c18-11-14-7-3-4-8-16(14)20-17-10-13-6-2-1-5-12(13)9-15(17)19/h1-10,19H. The third-order valence-electron chi connectivity index (χ3n) is 3.05. The monoisotopic (exact) mass is 261 g/mol. The first-order valence-electron chi connectivity index (χ1n) is 6.16. The van der Waals surface area contributed by atoms with Crippen LogP contribution in [0.5, 0.6) is 17.2 Å². The van der Waals surface area contributed by atoms with Crippen molar-refractivity contribution in [2.24, 2.45) is 0 Å². The molecule has 0 unspecified atom stereocenters. The maximum atomic E-state index is 10.0. The van der Waals surface area contributed by atoms with Crippen LogP contribution in [-0.2, 0) is 0 Å². The molecule has 0 bridgehead atoms. The minimum atomic E-state index is 0.0523. The van der Waals surface area contributed by atoms with Gasteiger partial charge < -0.3 is 9.84 Å². The van der Waals surface area contributed by atoms with Gasteiger partial charge in [0.05, 0.1) is 5.56 Å². The summed E-state index contributed by atoms with van der Waals surface area (Å²) in [6, 6.07) is 20.1. The van der Waals surface area contributed by atoms with E-state index in [1.807, 2.05) is 24.3 Å². The number of fused-ring (bicyclic) bond motifs is 1. The first kappa shape index (κ1) is 12.1. The number of ether oxygens (including phenoxy) is 1. The molecule has 0 saturated carbocycles. The molecule has 0 aliphatic heterocycles. The van der Waals surface area contributed by atoms with Gasteiger partial charge in [0.1, 0.15) is 11.8 Å². The van der Waals surface area contributed by atoms with E-state index in [0.29, 0.717) is 17.1 Å². The molecule has 0 heterocycles. The molecule has 96 valence electrons. The Balaban J connectivity index is 2.07. The van der Waals surface area contributed by atoms with E-state index in [-0.39, 0.29) is 5.75 Å². The van der Waals surface area contributed by atoms with E-state index >= 15 is 0 Å². The fourth-order valence-corrected chi connectivity index (χ4v) is 2.06. The molecule has 0 aromatic heterocycles. The SMILES string of the molecule is N#Cc1ccccc1Oc1cc2ccccc2cc1O. The summed E-state index contributed by atoms with van der Waals surface area (Å²) >= 11 is 0. The van der Waals surface area contributed by atoms with Crippen LogP contribution in [0.3, 0.4) is 0 Å². The Bertz CT molecular complexity index is 819. The molecule has 0 aliphatic carbocycles. The van der Waals surface area contributed by atoms with E-state index in [0.717, 1.165) is 10.8 Å². The second kappa shape index (κ2) is 4.94. The Morgan fingerprint density at radius 1 is 0.850 bits per heavy atom. The highest BCUT2D eigenvalue weighted by molar-refractivity contribution is 5.86. The van der Waals surface area contributed by atoms with Crippen molar-refractivity contribution in [3.8, 4) is 23.3 Å². The lowest BCUT2D eigenvalue weighted by Crippen LogP contribution is -1.88. The Labute approximate surface area is 116 Å². The molecule has 3 aromatic carbocycles. The van der Waals surface area contributed by atoms with Gasteiger partial charge in [0.25, 0.3) is 0 Å². The summed E-state index contributed by atoms with van der Waals surface area (Å²) in [5, 5.41) is 21.0. The molecule has 0 amide bonds.